The first-order valence-corrected chi connectivity index (χ1v) is 46.6. The Morgan fingerprint density at radius 2 is 1.13 bits per heavy atom. The number of carbonyl (C=O) groups is 13. The van der Waals surface area contributed by atoms with Gasteiger partial charge in [-0.25, -0.2) is 19.2 Å². The van der Waals surface area contributed by atoms with E-state index < -0.39 is 179 Å². The highest BCUT2D eigenvalue weighted by Crippen LogP contribution is 2.65. The minimum Gasteiger partial charge on any atom is -0.455 e. The number of alkyl carbamates (subject to hydrolysis) is 1. The molecule has 3 aromatic carbocycles. The summed E-state index contributed by atoms with van der Waals surface area (Å²) in [5, 5.41) is 42.3. The Balaban J connectivity index is 0.000000490. The summed E-state index contributed by atoms with van der Waals surface area (Å²) in [6.45, 7) is 28.8. The summed E-state index contributed by atoms with van der Waals surface area (Å²) < 4.78 is 106. The molecule has 772 valence electrons. The second-order valence-electron chi connectivity index (χ2n) is 35.7. The standard InChI is InChI=1S/C63H79N5O19.C34H66N2O15/c1-32(2)52(73)65-35(5)53(74)67-41(28-44(64)70)54(75)66-40-25-23-37(24-26-40)30-81-58(79)84-48(46(38-19-15-13-16-20-38)68-57(78)87-59(7,8)9)56(77)83-42-29-63(80)51(85-55(76)39-21-17-14-18-22-39)49-61(12,50(72)47(71)45(34(42)4)60(63,10)11)33(3)27-43-62(49,31-82-43)86-36(6)69;1-4-32(37)31(36-34(39)30-51-28-26-49-24-22-47-20-18-45-16-14-43-12-10-41-3)7-5-6-8-35-33(38)29-50-27-25-48-23-21-46-19-17-44-15-13-42-11-9-40-2/h13-26,32-33,35,41-43,46-49,51,71,80H,27-31H2,1-12H3,(H2,64,70)(H,65,73)(H,66,75)(H,67,74)(H,68,78);31H,4-30H2,1-3H3,(H,35,38)(H,36,39)/t33-,35+,41+,42?,43?,46-,47+,48?,49-,51-,61+,62-,63+;31-/m00/s1. The van der Waals surface area contributed by atoms with Crippen LogP contribution in [0, 0.1) is 28.6 Å². The van der Waals surface area contributed by atoms with E-state index in [4.69, 9.17) is 95.7 Å². The first-order chi connectivity index (χ1) is 65.7. The molecule has 1 aliphatic heterocycles. The van der Waals surface area contributed by atoms with Crippen molar-refractivity contribution in [1.82, 2.24) is 26.6 Å². The number of esters is 3. The highest BCUT2D eigenvalue weighted by molar-refractivity contribution is 6.01. The Kier molecular flexibility index (Phi) is 50.3. The molecule has 1 heterocycles. The molecule has 7 rings (SSSR count). The number of hydrogen-bond acceptors (Lipinski definition) is 34. The lowest BCUT2D eigenvalue weighted by molar-refractivity contribution is -0.340. The van der Waals surface area contributed by atoms with Crippen molar-refractivity contribution in [1.29, 1.82) is 0 Å². The van der Waals surface area contributed by atoms with Crippen molar-refractivity contribution in [2.24, 2.45) is 34.3 Å². The molecule has 0 spiro atoms. The zero-order chi connectivity index (χ0) is 102. The number of benzene rings is 3. The lowest BCUT2D eigenvalue weighted by Gasteiger charge is -2.68. The molecule has 0 radical (unpaired) electrons. The normalized spacial score (nSPS) is 21.3. The summed E-state index contributed by atoms with van der Waals surface area (Å²) in [6.07, 6.45) is -9.77. The number of ketones is 2. The van der Waals surface area contributed by atoms with E-state index in [1.165, 1.54) is 69.3 Å². The van der Waals surface area contributed by atoms with Crippen molar-refractivity contribution in [3.05, 3.63) is 113 Å². The van der Waals surface area contributed by atoms with Gasteiger partial charge in [-0.15, -0.1) is 0 Å². The molecular formula is C97H145N7O34. The van der Waals surface area contributed by atoms with Crippen molar-refractivity contribution in [2.45, 2.75) is 213 Å². The fourth-order valence-electron chi connectivity index (χ4n) is 16.2. The van der Waals surface area contributed by atoms with Crippen LogP contribution in [0.25, 0.3) is 0 Å². The van der Waals surface area contributed by atoms with Gasteiger partial charge in [-0.3, -0.25) is 43.2 Å². The minimum atomic E-state index is -2.41. The molecule has 3 fully saturated rings. The molecular weight excluding hydrogens is 1810 g/mol. The number of anilines is 1. The van der Waals surface area contributed by atoms with Crippen molar-refractivity contribution in [3.8, 4) is 0 Å². The molecule has 3 unspecified atom stereocenters. The van der Waals surface area contributed by atoms with Gasteiger partial charge in [-0.05, 0) is 113 Å². The molecule has 3 aliphatic carbocycles. The number of primary amides is 1. The van der Waals surface area contributed by atoms with Crippen LogP contribution in [0.1, 0.15) is 162 Å². The van der Waals surface area contributed by atoms with Gasteiger partial charge in [0.25, 0.3) is 0 Å². The summed E-state index contributed by atoms with van der Waals surface area (Å²) in [7, 11) is 3.25. The Hall–Kier alpha value is -10.1. The van der Waals surface area contributed by atoms with Crippen LogP contribution in [-0.2, 0) is 145 Å². The SMILES string of the molecule is CC(=O)O[C@@]12COC1C[C@H](C)[C@@]1(C)C(=O)[C@H](O)C3=C(C)C(OC(=O)C(OC(=O)OCc4ccc(NC(=O)[C@@H](CC(N)=O)NC(=O)[C@@H](C)NC(=O)C(C)C)cc4)[C@@H](NC(=O)OC(C)(C)C)c4ccccc4)C[C@@](O)([C@@H](OC(=O)c4ccccc4)[C@@H]12)C3(C)C.CCC(=O)[C@H](CCCCNC(=O)COCCOCCOCCOCCOCCOC)NC(=O)COCCOCCOCCOCCOCCOC. The second kappa shape index (κ2) is 59.5. The smallest absolute Gasteiger partial charge is 0.455 e. The van der Waals surface area contributed by atoms with E-state index in [1.807, 2.05) is 0 Å². The minimum absolute atomic E-state index is 0.0525. The zero-order valence-electron chi connectivity index (χ0n) is 82.2. The van der Waals surface area contributed by atoms with Gasteiger partial charge in [-0.1, -0.05) is 109 Å². The quantitative estimate of drug-likeness (QED) is 0.0145. The van der Waals surface area contributed by atoms with Gasteiger partial charge >= 0.3 is 30.2 Å². The molecule has 2 bridgehead atoms. The number of aliphatic hydroxyl groups is 2. The third-order valence-electron chi connectivity index (χ3n) is 23.7. The van der Waals surface area contributed by atoms with Gasteiger partial charge in [0.05, 0.1) is 163 Å². The first-order valence-electron chi connectivity index (χ1n) is 46.6. The summed E-state index contributed by atoms with van der Waals surface area (Å²) in [5.41, 5.74) is -2.34. The molecule has 41 nitrogen and oxygen atoms in total. The topological polar surface area (TPSA) is 536 Å². The van der Waals surface area contributed by atoms with Gasteiger partial charge < -0.3 is 138 Å². The largest absolute Gasteiger partial charge is 0.509 e. The number of unbranched alkanes of at least 4 members (excludes halogenated alkanes) is 1. The molecule has 1 saturated heterocycles. The van der Waals surface area contributed by atoms with Crippen molar-refractivity contribution in [2.75, 3.05) is 178 Å². The van der Waals surface area contributed by atoms with Gasteiger partial charge in [0.2, 0.25) is 41.5 Å². The molecule has 3 aromatic rings. The number of rotatable bonds is 61. The van der Waals surface area contributed by atoms with Crippen molar-refractivity contribution in [3.63, 3.8) is 0 Å². The Labute approximate surface area is 806 Å². The van der Waals surface area contributed by atoms with Gasteiger partial charge in [-0.2, -0.15) is 0 Å². The van der Waals surface area contributed by atoms with Crippen LogP contribution in [-0.4, -0.2) is 326 Å². The number of Topliss-reactive ketones (excluding diaryl/α,β-unsaturated/α-hetero) is 2. The van der Waals surface area contributed by atoms with Crippen LogP contribution in [0.5, 0.6) is 0 Å². The molecule has 14 atom stereocenters. The second-order valence-corrected chi connectivity index (χ2v) is 35.7. The van der Waals surface area contributed by atoms with E-state index in [2.05, 4.69) is 31.9 Å². The Morgan fingerprint density at radius 1 is 0.616 bits per heavy atom. The number of ether oxygens (including phenoxy) is 19. The molecule has 4 aliphatic rings. The number of carbonyl (C=O) groups excluding carboxylic acids is 13. The van der Waals surface area contributed by atoms with E-state index in [1.54, 1.807) is 120 Å². The molecule has 41 heteroatoms. The number of nitrogens with two attached hydrogens (primary N) is 1. The maximum atomic E-state index is 15.5. The summed E-state index contributed by atoms with van der Waals surface area (Å²) in [4.78, 5) is 173. The van der Waals surface area contributed by atoms with Crippen LogP contribution in [0.2, 0.25) is 0 Å². The number of amides is 7. The van der Waals surface area contributed by atoms with E-state index in [9.17, 15) is 63.0 Å². The van der Waals surface area contributed by atoms with Crippen LogP contribution in [0.15, 0.2) is 96.1 Å². The van der Waals surface area contributed by atoms with Gasteiger partial charge in [0.1, 0.15) is 73.6 Å². The molecule has 0 aromatic heterocycles. The highest BCUT2D eigenvalue weighted by atomic mass is 16.7. The van der Waals surface area contributed by atoms with E-state index in [-0.39, 0.29) is 85.0 Å². The Bertz CT molecular complexity index is 4370. The zero-order valence-corrected chi connectivity index (χ0v) is 82.2. The molecule has 138 heavy (non-hydrogen) atoms. The van der Waals surface area contributed by atoms with Crippen LogP contribution in [0.3, 0.4) is 0 Å². The van der Waals surface area contributed by atoms with Crippen LogP contribution >= 0.6 is 0 Å². The average molecular weight is 1950 g/mol. The molecule has 2 saturated carbocycles. The maximum Gasteiger partial charge on any atom is 0.509 e. The summed E-state index contributed by atoms with van der Waals surface area (Å²) >= 11 is 0. The number of nitrogens with one attached hydrogen (secondary N) is 6. The van der Waals surface area contributed by atoms with E-state index in [0.29, 0.717) is 157 Å². The predicted octanol–water partition coefficient (Wildman–Crippen LogP) is 5.55. The summed E-state index contributed by atoms with van der Waals surface area (Å²) in [5.74, 6) is -9.73. The van der Waals surface area contributed by atoms with Gasteiger partial charge in [0.15, 0.2) is 17.2 Å². The fourth-order valence-corrected chi connectivity index (χ4v) is 16.2. The lowest BCUT2D eigenvalue weighted by Crippen LogP contribution is -2.80. The van der Waals surface area contributed by atoms with E-state index >= 15 is 9.59 Å². The van der Waals surface area contributed by atoms with Gasteiger partial charge in [0, 0.05) is 63.0 Å². The van der Waals surface area contributed by atoms with Crippen molar-refractivity contribution < 1.29 is 163 Å². The van der Waals surface area contributed by atoms with Crippen LogP contribution < -0.4 is 37.6 Å². The third kappa shape index (κ3) is 36.8. The van der Waals surface area contributed by atoms with Crippen molar-refractivity contribution >= 4 is 82.9 Å². The average Bonchev–Trinajstić information content (AvgIpc) is 0.667. The number of aliphatic hydroxyl groups excluding tert-OH is 1. The molecule has 7 amide bonds. The highest BCUT2D eigenvalue weighted by Gasteiger charge is 2.77. The first kappa shape index (κ1) is 117. The Morgan fingerprint density at radius 3 is 1.62 bits per heavy atom. The predicted molar refractivity (Wildman–Crippen MR) is 495 cm³/mol. The number of fused-ring (bicyclic) bond motifs is 5. The van der Waals surface area contributed by atoms with E-state index in [0.717, 1.165) is 0 Å². The lowest BCUT2D eigenvalue weighted by atomic mass is 9.43. The molecule has 10 N–H and O–H groups in total. The van der Waals surface area contributed by atoms with Crippen LogP contribution in [0.4, 0.5) is 15.3 Å². The summed E-state index contributed by atoms with van der Waals surface area (Å²) in [6, 6.07) is 16.8. The third-order valence-corrected chi connectivity index (χ3v) is 23.7. The number of methoxy groups -OCH3 is 2. The monoisotopic (exact) mass is 1950 g/mol. The number of hydrogen-bond donors (Lipinski definition) is 9. The fraction of sp³-hybridized carbons (Fsp3) is 0.660. The maximum absolute atomic E-state index is 15.5.